The summed E-state index contributed by atoms with van der Waals surface area (Å²) >= 11 is 0. The van der Waals surface area contributed by atoms with Crippen molar-refractivity contribution in [3.8, 4) is 0 Å². The van der Waals surface area contributed by atoms with Gasteiger partial charge in [-0.25, -0.2) is 0 Å². The first kappa shape index (κ1) is 15.8. The molecule has 0 bridgehead atoms. The third kappa shape index (κ3) is 4.44. The van der Waals surface area contributed by atoms with E-state index in [1.54, 1.807) is 0 Å². The lowest BCUT2D eigenvalue weighted by atomic mass is 9.94. The summed E-state index contributed by atoms with van der Waals surface area (Å²) in [5, 5.41) is 5.90. The predicted octanol–water partition coefficient (Wildman–Crippen LogP) is 2.98. The largest absolute Gasteiger partial charge is 0.356 e. The lowest BCUT2D eigenvalue weighted by Crippen LogP contribution is -2.29. The van der Waals surface area contributed by atoms with Crippen molar-refractivity contribution in [1.82, 2.24) is 5.32 Å². The van der Waals surface area contributed by atoms with Crippen molar-refractivity contribution in [3.05, 3.63) is 41.5 Å². The molecule has 2 amide bonds. The molecule has 4 heteroatoms. The highest BCUT2D eigenvalue weighted by Crippen LogP contribution is 2.24. The summed E-state index contributed by atoms with van der Waals surface area (Å²) in [6, 6.07) is 6.09. The molecule has 3 rings (SSSR count). The molecule has 0 saturated carbocycles. The van der Waals surface area contributed by atoms with Crippen LogP contribution in [-0.2, 0) is 22.4 Å². The second kappa shape index (κ2) is 7.44. The van der Waals surface area contributed by atoms with Crippen LogP contribution in [0.5, 0.6) is 0 Å². The fourth-order valence-corrected chi connectivity index (χ4v) is 3.28. The van der Waals surface area contributed by atoms with Crippen LogP contribution in [0.4, 0.5) is 5.69 Å². The highest BCUT2D eigenvalue weighted by molar-refractivity contribution is 5.99. The van der Waals surface area contributed by atoms with E-state index in [1.807, 2.05) is 12.1 Å². The van der Waals surface area contributed by atoms with E-state index in [-0.39, 0.29) is 11.8 Å². The van der Waals surface area contributed by atoms with Gasteiger partial charge in [-0.1, -0.05) is 24.3 Å². The molecular formula is C19H24N2O2. The minimum Gasteiger partial charge on any atom is -0.356 e. The molecule has 0 aromatic heterocycles. The molecule has 1 aliphatic heterocycles. The summed E-state index contributed by atoms with van der Waals surface area (Å²) in [6.45, 7) is 0.801. The van der Waals surface area contributed by atoms with E-state index in [9.17, 15) is 9.59 Å². The molecule has 1 heterocycles. The zero-order valence-corrected chi connectivity index (χ0v) is 13.4. The van der Waals surface area contributed by atoms with Crippen molar-refractivity contribution >= 4 is 17.5 Å². The molecule has 2 N–H and O–H groups in total. The number of allylic oxidation sites excluding steroid dienone is 2. The van der Waals surface area contributed by atoms with Gasteiger partial charge in [-0.05, 0) is 55.2 Å². The maximum atomic E-state index is 11.9. The number of carbonyl (C=O) groups excluding carboxylic acids is 2. The molecule has 1 aromatic carbocycles. The second-order valence-corrected chi connectivity index (χ2v) is 6.52. The summed E-state index contributed by atoms with van der Waals surface area (Å²) < 4.78 is 0. The fraction of sp³-hybridized carbons (Fsp3) is 0.474. The van der Waals surface area contributed by atoms with Crippen LogP contribution in [0.1, 0.15) is 43.2 Å². The number of carbonyl (C=O) groups is 2. The molecule has 1 aromatic rings. The molecule has 0 radical (unpaired) electrons. The standard InChI is InChI=1S/C19H24N2O2/c22-18(20-13-15-5-2-1-3-6-15)8-4-7-14-9-10-17-16(11-14)12-19(23)21-17/h1-2,9-11,15H,3-8,12-13H2,(H,20,22)(H,21,23)/t15-/m0/s1. The monoisotopic (exact) mass is 312 g/mol. The SMILES string of the molecule is O=C(CCCc1ccc2c(c1)CC(=O)N2)NC[C@H]1CC=CCC1. The molecule has 0 fully saturated rings. The van der Waals surface area contributed by atoms with Gasteiger partial charge in [-0.3, -0.25) is 9.59 Å². The molecule has 1 aliphatic carbocycles. The average Bonchev–Trinajstić information content (AvgIpc) is 2.93. The van der Waals surface area contributed by atoms with Gasteiger partial charge in [0.15, 0.2) is 0 Å². The summed E-state index contributed by atoms with van der Waals surface area (Å²) in [5.41, 5.74) is 3.20. The van der Waals surface area contributed by atoms with Gasteiger partial charge in [0.1, 0.15) is 0 Å². The summed E-state index contributed by atoms with van der Waals surface area (Å²) in [5.74, 6) is 0.817. The van der Waals surface area contributed by atoms with E-state index in [4.69, 9.17) is 0 Å². The van der Waals surface area contributed by atoms with Crippen LogP contribution in [-0.4, -0.2) is 18.4 Å². The lowest BCUT2D eigenvalue weighted by Gasteiger charge is -2.18. The van der Waals surface area contributed by atoms with E-state index in [2.05, 4.69) is 28.9 Å². The molecule has 0 unspecified atom stereocenters. The Morgan fingerprint density at radius 2 is 2.22 bits per heavy atom. The Kier molecular flexibility index (Phi) is 5.11. The van der Waals surface area contributed by atoms with Gasteiger partial charge in [0.25, 0.3) is 0 Å². The van der Waals surface area contributed by atoms with Gasteiger partial charge in [-0.2, -0.15) is 0 Å². The van der Waals surface area contributed by atoms with Crippen LogP contribution in [0.3, 0.4) is 0 Å². The third-order valence-electron chi connectivity index (χ3n) is 4.63. The molecule has 2 aliphatic rings. The van der Waals surface area contributed by atoms with Crippen molar-refractivity contribution in [3.63, 3.8) is 0 Å². The number of fused-ring (bicyclic) bond motifs is 1. The highest BCUT2D eigenvalue weighted by atomic mass is 16.2. The molecule has 122 valence electrons. The zero-order valence-electron chi connectivity index (χ0n) is 13.4. The molecule has 1 atom stereocenters. The van der Waals surface area contributed by atoms with Crippen LogP contribution < -0.4 is 10.6 Å². The lowest BCUT2D eigenvalue weighted by molar-refractivity contribution is -0.121. The van der Waals surface area contributed by atoms with Gasteiger partial charge in [-0.15, -0.1) is 0 Å². The van der Waals surface area contributed by atoms with Crippen LogP contribution in [0.25, 0.3) is 0 Å². The summed E-state index contributed by atoms with van der Waals surface area (Å²) in [7, 11) is 0. The smallest absolute Gasteiger partial charge is 0.228 e. The number of amides is 2. The van der Waals surface area contributed by atoms with Crippen LogP contribution in [0.2, 0.25) is 0 Å². The van der Waals surface area contributed by atoms with Crippen LogP contribution >= 0.6 is 0 Å². The first-order valence-electron chi connectivity index (χ1n) is 8.54. The maximum absolute atomic E-state index is 11.9. The van der Waals surface area contributed by atoms with Crippen LogP contribution in [0, 0.1) is 5.92 Å². The first-order valence-corrected chi connectivity index (χ1v) is 8.54. The number of benzene rings is 1. The minimum absolute atomic E-state index is 0.0640. The van der Waals surface area contributed by atoms with Crippen molar-refractivity contribution in [2.24, 2.45) is 5.92 Å². The normalized spacial score (nSPS) is 19.3. The molecule has 23 heavy (non-hydrogen) atoms. The van der Waals surface area contributed by atoms with Crippen molar-refractivity contribution in [1.29, 1.82) is 0 Å². The third-order valence-corrected chi connectivity index (χ3v) is 4.63. The maximum Gasteiger partial charge on any atom is 0.228 e. The number of aryl methyl sites for hydroxylation is 1. The summed E-state index contributed by atoms with van der Waals surface area (Å²) in [4.78, 5) is 23.3. The summed E-state index contributed by atoms with van der Waals surface area (Å²) in [6.07, 6.45) is 10.6. The Morgan fingerprint density at radius 3 is 3.04 bits per heavy atom. The second-order valence-electron chi connectivity index (χ2n) is 6.52. The number of hydrogen-bond donors (Lipinski definition) is 2. The van der Waals surface area contributed by atoms with Gasteiger partial charge in [0.05, 0.1) is 6.42 Å². The van der Waals surface area contributed by atoms with Gasteiger partial charge in [0.2, 0.25) is 11.8 Å². The number of anilines is 1. The molecule has 0 spiro atoms. The Morgan fingerprint density at radius 1 is 1.30 bits per heavy atom. The van der Waals surface area contributed by atoms with Crippen molar-refractivity contribution in [2.45, 2.75) is 44.9 Å². The van der Waals surface area contributed by atoms with Gasteiger partial charge >= 0.3 is 0 Å². The zero-order chi connectivity index (χ0) is 16.1. The van der Waals surface area contributed by atoms with Crippen molar-refractivity contribution < 1.29 is 9.59 Å². The minimum atomic E-state index is 0.0640. The Labute approximate surface area is 137 Å². The first-order chi connectivity index (χ1) is 11.2. The Balaban J connectivity index is 1.37. The quantitative estimate of drug-likeness (QED) is 0.793. The Hall–Kier alpha value is -2.10. The van der Waals surface area contributed by atoms with E-state index in [0.717, 1.165) is 43.5 Å². The molecule has 0 saturated heterocycles. The molecule has 4 nitrogen and oxygen atoms in total. The van der Waals surface area contributed by atoms with E-state index in [0.29, 0.717) is 18.8 Å². The topological polar surface area (TPSA) is 58.2 Å². The highest BCUT2D eigenvalue weighted by Gasteiger charge is 2.17. The fourth-order valence-electron chi connectivity index (χ4n) is 3.28. The van der Waals surface area contributed by atoms with Crippen LogP contribution in [0.15, 0.2) is 30.4 Å². The van der Waals surface area contributed by atoms with E-state index >= 15 is 0 Å². The Bertz CT molecular complexity index is 622. The average molecular weight is 312 g/mol. The number of rotatable bonds is 6. The van der Waals surface area contributed by atoms with Gasteiger partial charge < -0.3 is 10.6 Å². The van der Waals surface area contributed by atoms with E-state index < -0.39 is 0 Å². The number of hydrogen-bond acceptors (Lipinski definition) is 2. The predicted molar refractivity (Wildman–Crippen MR) is 91.2 cm³/mol. The molecular weight excluding hydrogens is 288 g/mol. The van der Waals surface area contributed by atoms with Crippen molar-refractivity contribution in [2.75, 3.05) is 11.9 Å². The van der Waals surface area contributed by atoms with Gasteiger partial charge in [0, 0.05) is 18.7 Å². The van der Waals surface area contributed by atoms with E-state index in [1.165, 1.54) is 12.0 Å². The number of nitrogens with one attached hydrogen (secondary N) is 2.